The summed E-state index contributed by atoms with van der Waals surface area (Å²) in [5, 5.41) is 6.41. The van der Waals surface area contributed by atoms with Crippen molar-refractivity contribution in [2.75, 3.05) is 37.4 Å². The van der Waals surface area contributed by atoms with Gasteiger partial charge in [-0.15, -0.1) is 0 Å². The van der Waals surface area contributed by atoms with Gasteiger partial charge in [0.25, 0.3) is 0 Å². The number of carbonyl (C=O) groups excluding carboxylic acids is 2. The van der Waals surface area contributed by atoms with Crippen molar-refractivity contribution in [1.82, 2.24) is 4.90 Å². The summed E-state index contributed by atoms with van der Waals surface area (Å²) in [6.07, 6.45) is 0.807. The Balaban J connectivity index is 1.94. The van der Waals surface area contributed by atoms with Gasteiger partial charge in [0.15, 0.2) is 0 Å². The monoisotopic (exact) mass is 423 g/mol. The minimum absolute atomic E-state index is 0.0678. The second-order valence-electron chi connectivity index (χ2n) is 6.16. The van der Waals surface area contributed by atoms with Gasteiger partial charge in [-0.05, 0) is 43.3 Å². The minimum atomic E-state index is -0.258. The highest BCUT2D eigenvalue weighted by molar-refractivity contribution is 6.36. The number of rotatable bonds is 9. The van der Waals surface area contributed by atoms with Gasteiger partial charge in [-0.1, -0.05) is 36.2 Å². The number of benzene rings is 2. The maximum absolute atomic E-state index is 12.4. The lowest BCUT2D eigenvalue weighted by Gasteiger charge is -2.21. The SMILES string of the molecule is CCCN(CC(=O)Nc1cccc(OC)c1)CC(=O)Nc1ccc(Cl)cc1Cl. The molecule has 8 heteroatoms. The number of nitrogens with zero attached hydrogens (tertiary/aromatic N) is 1. The predicted octanol–water partition coefficient (Wildman–Crippen LogP) is 4.29. The van der Waals surface area contributed by atoms with Gasteiger partial charge in [0, 0.05) is 16.8 Å². The first-order valence-corrected chi connectivity index (χ1v) is 9.58. The van der Waals surface area contributed by atoms with Gasteiger partial charge in [0.05, 0.1) is 30.9 Å². The Bertz CT molecular complexity index is 830. The summed E-state index contributed by atoms with van der Waals surface area (Å²) in [6, 6.07) is 11.9. The first kappa shape index (κ1) is 22.0. The quantitative estimate of drug-likeness (QED) is 0.630. The average Bonchev–Trinajstić information content (AvgIpc) is 2.64. The lowest BCUT2D eigenvalue weighted by molar-refractivity contribution is -0.120. The molecule has 0 spiro atoms. The third kappa shape index (κ3) is 7.03. The van der Waals surface area contributed by atoms with Crippen molar-refractivity contribution >= 4 is 46.4 Å². The first-order valence-electron chi connectivity index (χ1n) is 8.82. The maximum Gasteiger partial charge on any atom is 0.238 e. The van der Waals surface area contributed by atoms with E-state index in [2.05, 4.69) is 10.6 Å². The van der Waals surface area contributed by atoms with Crippen LogP contribution in [-0.2, 0) is 9.59 Å². The maximum atomic E-state index is 12.4. The van der Waals surface area contributed by atoms with Crippen LogP contribution >= 0.6 is 23.2 Å². The van der Waals surface area contributed by atoms with E-state index in [9.17, 15) is 9.59 Å². The molecular weight excluding hydrogens is 401 g/mol. The summed E-state index contributed by atoms with van der Waals surface area (Å²) < 4.78 is 5.15. The molecule has 0 aliphatic heterocycles. The summed E-state index contributed by atoms with van der Waals surface area (Å²) in [7, 11) is 1.56. The molecule has 0 aliphatic rings. The number of hydrogen-bond acceptors (Lipinski definition) is 4. The molecule has 0 bridgehead atoms. The van der Waals surface area contributed by atoms with Crippen LogP contribution in [0.25, 0.3) is 0 Å². The number of methoxy groups -OCH3 is 1. The van der Waals surface area contributed by atoms with E-state index in [1.165, 1.54) is 0 Å². The molecule has 0 saturated carbocycles. The first-order chi connectivity index (χ1) is 13.4. The largest absolute Gasteiger partial charge is 0.497 e. The van der Waals surface area contributed by atoms with Gasteiger partial charge in [-0.25, -0.2) is 0 Å². The highest BCUT2D eigenvalue weighted by atomic mass is 35.5. The molecule has 0 unspecified atom stereocenters. The number of hydrogen-bond donors (Lipinski definition) is 2. The lowest BCUT2D eigenvalue weighted by atomic mass is 10.3. The highest BCUT2D eigenvalue weighted by Gasteiger charge is 2.15. The Hall–Kier alpha value is -2.28. The Morgan fingerprint density at radius 1 is 1.04 bits per heavy atom. The fourth-order valence-electron chi connectivity index (χ4n) is 2.62. The van der Waals surface area contributed by atoms with Crippen LogP contribution in [0, 0.1) is 0 Å². The molecule has 0 heterocycles. The highest BCUT2D eigenvalue weighted by Crippen LogP contribution is 2.25. The van der Waals surface area contributed by atoms with Gasteiger partial charge < -0.3 is 15.4 Å². The second-order valence-corrected chi connectivity index (χ2v) is 7.01. The minimum Gasteiger partial charge on any atom is -0.497 e. The molecule has 0 aromatic heterocycles. The Labute approximate surface area is 174 Å². The Morgan fingerprint density at radius 3 is 2.39 bits per heavy atom. The zero-order chi connectivity index (χ0) is 20.5. The van der Waals surface area contributed by atoms with Crippen molar-refractivity contribution < 1.29 is 14.3 Å². The van der Waals surface area contributed by atoms with Gasteiger partial charge in [0.2, 0.25) is 11.8 Å². The summed E-state index contributed by atoms with van der Waals surface area (Å²) >= 11 is 11.9. The summed E-state index contributed by atoms with van der Waals surface area (Å²) in [5.74, 6) is 0.188. The molecule has 0 atom stereocenters. The number of nitrogens with one attached hydrogen (secondary N) is 2. The zero-order valence-corrected chi connectivity index (χ0v) is 17.3. The Kier molecular flexibility index (Phi) is 8.57. The molecule has 150 valence electrons. The molecule has 2 N–H and O–H groups in total. The van der Waals surface area contributed by atoms with Gasteiger partial charge in [0.1, 0.15) is 5.75 Å². The number of anilines is 2. The molecule has 2 aromatic rings. The van der Waals surface area contributed by atoms with E-state index >= 15 is 0 Å². The molecule has 2 rings (SSSR count). The summed E-state index contributed by atoms with van der Waals surface area (Å²) in [6.45, 7) is 2.75. The number of halogens is 2. The molecular formula is C20H23Cl2N3O3. The van der Waals surface area contributed by atoms with E-state index in [4.69, 9.17) is 27.9 Å². The van der Waals surface area contributed by atoms with Crippen molar-refractivity contribution in [2.45, 2.75) is 13.3 Å². The molecule has 0 fully saturated rings. The molecule has 0 aliphatic carbocycles. The van der Waals surface area contributed by atoms with Gasteiger partial charge >= 0.3 is 0 Å². The van der Waals surface area contributed by atoms with Crippen LogP contribution in [-0.4, -0.2) is 43.5 Å². The lowest BCUT2D eigenvalue weighted by Crippen LogP contribution is -2.39. The zero-order valence-electron chi connectivity index (χ0n) is 15.8. The van der Waals surface area contributed by atoms with E-state index in [0.717, 1.165) is 6.42 Å². The summed E-state index contributed by atoms with van der Waals surface area (Å²) in [5.41, 5.74) is 1.12. The van der Waals surface area contributed by atoms with Crippen LogP contribution < -0.4 is 15.4 Å². The normalized spacial score (nSPS) is 10.6. The topological polar surface area (TPSA) is 70.7 Å². The van der Waals surface area contributed by atoms with Crippen molar-refractivity contribution in [3.8, 4) is 5.75 Å². The van der Waals surface area contributed by atoms with Crippen LogP contribution in [0.3, 0.4) is 0 Å². The third-order valence-corrected chi connectivity index (χ3v) is 4.38. The third-order valence-electron chi connectivity index (χ3n) is 3.83. The van der Waals surface area contributed by atoms with Gasteiger partial charge in [-0.3, -0.25) is 14.5 Å². The number of ether oxygens (including phenoxy) is 1. The van der Waals surface area contributed by atoms with Gasteiger partial charge in [-0.2, -0.15) is 0 Å². The van der Waals surface area contributed by atoms with E-state index in [1.54, 1.807) is 54.5 Å². The molecule has 0 radical (unpaired) electrons. The van der Waals surface area contributed by atoms with Crippen LogP contribution in [0.4, 0.5) is 11.4 Å². The van der Waals surface area contributed by atoms with E-state index < -0.39 is 0 Å². The van der Waals surface area contributed by atoms with Crippen molar-refractivity contribution in [2.24, 2.45) is 0 Å². The van der Waals surface area contributed by atoms with Crippen LogP contribution in [0.1, 0.15) is 13.3 Å². The van der Waals surface area contributed by atoms with Crippen LogP contribution in [0.2, 0.25) is 10.0 Å². The van der Waals surface area contributed by atoms with Crippen molar-refractivity contribution in [1.29, 1.82) is 0 Å². The van der Waals surface area contributed by atoms with E-state index in [-0.39, 0.29) is 24.9 Å². The average molecular weight is 424 g/mol. The molecule has 6 nitrogen and oxygen atoms in total. The van der Waals surface area contributed by atoms with E-state index in [1.807, 2.05) is 6.92 Å². The van der Waals surface area contributed by atoms with E-state index in [0.29, 0.717) is 33.7 Å². The van der Waals surface area contributed by atoms with Crippen molar-refractivity contribution in [3.05, 3.63) is 52.5 Å². The fraction of sp³-hybridized carbons (Fsp3) is 0.300. The Morgan fingerprint density at radius 2 is 1.75 bits per heavy atom. The number of amides is 2. The van der Waals surface area contributed by atoms with Crippen LogP contribution in [0.15, 0.2) is 42.5 Å². The molecule has 0 saturated heterocycles. The predicted molar refractivity (Wildman–Crippen MR) is 113 cm³/mol. The summed E-state index contributed by atoms with van der Waals surface area (Å²) in [4.78, 5) is 26.5. The van der Waals surface area contributed by atoms with Crippen molar-refractivity contribution in [3.63, 3.8) is 0 Å². The fourth-order valence-corrected chi connectivity index (χ4v) is 3.07. The standard InChI is InChI=1S/C20H23Cl2N3O3/c1-3-9-25(12-19(26)23-15-5-4-6-16(11-15)28-2)13-20(27)24-18-8-7-14(21)10-17(18)22/h4-8,10-11H,3,9,12-13H2,1-2H3,(H,23,26)(H,24,27). The van der Waals surface area contributed by atoms with Crippen LogP contribution in [0.5, 0.6) is 5.75 Å². The molecule has 2 amide bonds. The second kappa shape index (κ2) is 10.9. The molecule has 2 aromatic carbocycles. The smallest absolute Gasteiger partial charge is 0.238 e. The number of carbonyl (C=O) groups is 2. The molecule has 28 heavy (non-hydrogen) atoms.